The molecule has 0 aliphatic carbocycles. The van der Waals surface area contributed by atoms with E-state index < -0.39 is 0 Å². The van der Waals surface area contributed by atoms with Crippen LogP contribution in [0.15, 0.2) is 24.3 Å². The van der Waals surface area contributed by atoms with Gasteiger partial charge in [-0.3, -0.25) is 9.69 Å². The zero-order valence-electron chi connectivity index (χ0n) is 11.4. The molecule has 1 saturated heterocycles. The Hall–Kier alpha value is 0.286. The van der Waals surface area contributed by atoms with Gasteiger partial charge in [0.15, 0.2) is 0 Å². The molecule has 92 valence electrons. The van der Waals surface area contributed by atoms with Crippen LogP contribution in [0.1, 0.15) is 17.5 Å². The number of fused-ring (bicyclic) bond motifs is 1. The van der Waals surface area contributed by atoms with Crippen LogP contribution in [0.25, 0.3) is 0 Å². The summed E-state index contributed by atoms with van der Waals surface area (Å²) < 4.78 is 0. The maximum atomic E-state index is 11.8. The summed E-state index contributed by atoms with van der Waals surface area (Å²) in [4.78, 5) is 16.0. The number of nitrogens with zero attached hydrogens (tertiary/aromatic N) is 2. The maximum absolute atomic E-state index is 11.8. The summed E-state index contributed by atoms with van der Waals surface area (Å²) in [5.41, 5.74) is 2.75. The molecule has 1 amide bonds. The van der Waals surface area contributed by atoms with Crippen molar-refractivity contribution in [2.24, 2.45) is 0 Å². The summed E-state index contributed by atoms with van der Waals surface area (Å²) in [5.74, 6) is 0.291. The van der Waals surface area contributed by atoms with Crippen LogP contribution in [0.2, 0.25) is 0 Å². The van der Waals surface area contributed by atoms with Gasteiger partial charge in [-0.25, -0.2) is 0 Å². The van der Waals surface area contributed by atoms with E-state index in [0.29, 0.717) is 12.5 Å². The summed E-state index contributed by atoms with van der Waals surface area (Å²) in [6, 6.07) is 8.45. The van der Waals surface area contributed by atoms with Gasteiger partial charge in [-0.05, 0) is 17.5 Å². The minimum absolute atomic E-state index is 0. The summed E-state index contributed by atoms with van der Waals surface area (Å²) >= 11 is 0. The number of hydrogen-bond acceptors (Lipinski definition) is 2. The Morgan fingerprint density at radius 1 is 1.11 bits per heavy atom. The fourth-order valence-corrected chi connectivity index (χ4v) is 2.37. The van der Waals surface area contributed by atoms with Crippen molar-refractivity contribution >= 4 is 5.91 Å². The van der Waals surface area contributed by atoms with Crippen LogP contribution in [-0.4, -0.2) is 35.3 Å². The van der Waals surface area contributed by atoms with Gasteiger partial charge < -0.3 is 12.3 Å². The molecule has 0 N–H and O–H groups in total. The SMILES string of the molecule is O=C(CN1Cc2ccccc2C1)N1CCC1.[CH3-].[K+]. The van der Waals surface area contributed by atoms with Gasteiger partial charge in [0.2, 0.25) is 5.91 Å². The molecule has 3 nitrogen and oxygen atoms in total. The molecule has 4 heteroatoms. The Morgan fingerprint density at radius 2 is 1.67 bits per heavy atom. The molecule has 0 atom stereocenters. The molecule has 0 unspecified atom stereocenters. The number of carbonyl (C=O) groups excluding carboxylic acids is 1. The summed E-state index contributed by atoms with van der Waals surface area (Å²) in [6.45, 7) is 4.35. The van der Waals surface area contributed by atoms with Gasteiger partial charge in [0, 0.05) is 26.2 Å². The molecular formula is C14H19KN2O. The van der Waals surface area contributed by atoms with Crippen molar-refractivity contribution in [3.8, 4) is 0 Å². The molecule has 0 spiro atoms. The fourth-order valence-electron chi connectivity index (χ4n) is 2.37. The predicted molar refractivity (Wildman–Crippen MR) is 68.2 cm³/mol. The normalized spacial score (nSPS) is 17.2. The third-order valence-corrected chi connectivity index (χ3v) is 3.47. The van der Waals surface area contributed by atoms with E-state index in [-0.39, 0.29) is 58.8 Å². The number of hydrogen-bond donors (Lipinski definition) is 0. The molecule has 3 rings (SSSR count). The number of rotatable bonds is 2. The Labute approximate surface area is 152 Å². The van der Waals surface area contributed by atoms with Gasteiger partial charge >= 0.3 is 51.4 Å². The van der Waals surface area contributed by atoms with Crippen LogP contribution in [0, 0.1) is 7.43 Å². The van der Waals surface area contributed by atoms with E-state index in [2.05, 4.69) is 29.2 Å². The summed E-state index contributed by atoms with van der Waals surface area (Å²) in [6.07, 6.45) is 1.17. The first-order valence-corrected chi connectivity index (χ1v) is 5.90. The van der Waals surface area contributed by atoms with E-state index in [0.717, 1.165) is 26.2 Å². The minimum atomic E-state index is 0. The van der Waals surface area contributed by atoms with Crippen LogP contribution >= 0.6 is 0 Å². The van der Waals surface area contributed by atoms with Crippen LogP contribution in [0.4, 0.5) is 0 Å². The standard InChI is InChI=1S/C13H16N2O.CH3.K/c16-13(15-6-3-7-15)10-14-8-11-4-1-2-5-12(11)9-14;;/h1-2,4-5H,3,6-10H2;1H3;/q;-1;+1. The van der Waals surface area contributed by atoms with Crippen molar-refractivity contribution in [2.75, 3.05) is 19.6 Å². The molecule has 0 bridgehead atoms. The van der Waals surface area contributed by atoms with Gasteiger partial charge in [-0.2, -0.15) is 0 Å². The van der Waals surface area contributed by atoms with Crippen molar-refractivity contribution in [3.63, 3.8) is 0 Å². The number of likely N-dealkylation sites (tertiary alicyclic amines) is 1. The largest absolute Gasteiger partial charge is 1.00 e. The number of benzene rings is 1. The topological polar surface area (TPSA) is 23.6 Å². The zero-order chi connectivity index (χ0) is 11.0. The van der Waals surface area contributed by atoms with Crippen LogP contribution in [0.5, 0.6) is 0 Å². The van der Waals surface area contributed by atoms with Gasteiger partial charge in [-0.1, -0.05) is 24.3 Å². The molecule has 2 aliphatic heterocycles. The summed E-state index contributed by atoms with van der Waals surface area (Å²) in [5, 5.41) is 0. The Bertz CT molecular complexity index is 393. The van der Waals surface area contributed by atoms with E-state index in [4.69, 9.17) is 0 Å². The third-order valence-electron chi connectivity index (χ3n) is 3.47. The maximum Gasteiger partial charge on any atom is 1.00 e. The molecular weight excluding hydrogens is 251 g/mol. The number of carbonyl (C=O) groups is 1. The van der Waals surface area contributed by atoms with Crippen molar-refractivity contribution in [1.29, 1.82) is 0 Å². The van der Waals surface area contributed by atoms with E-state index in [1.54, 1.807) is 0 Å². The smallest absolute Gasteiger partial charge is 0.358 e. The molecule has 2 heterocycles. The monoisotopic (exact) mass is 270 g/mol. The average Bonchev–Trinajstić information content (AvgIpc) is 2.56. The molecule has 1 fully saturated rings. The second kappa shape index (κ2) is 7.17. The molecule has 1 aromatic rings. The Balaban J connectivity index is 0.000000810. The van der Waals surface area contributed by atoms with Crippen molar-refractivity contribution in [2.45, 2.75) is 19.5 Å². The van der Waals surface area contributed by atoms with E-state index in [9.17, 15) is 4.79 Å². The second-order valence-corrected chi connectivity index (χ2v) is 4.65. The fraction of sp³-hybridized carbons (Fsp3) is 0.429. The first-order chi connectivity index (χ1) is 7.83. The first kappa shape index (κ1) is 16.3. The molecule has 2 aliphatic rings. The quantitative estimate of drug-likeness (QED) is 0.492. The van der Waals surface area contributed by atoms with Crippen LogP contribution < -0.4 is 51.4 Å². The molecule has 18 heavy (non-hydrogen) atoms. The molecule has 0 saturated carbocycles. The third kappa shape index (κ3) is 3.43. The average molecular weight is 270 g/mol. The number of amides is 1. The van der Waals surface area contributed by atoms with E-state index in [1.165, 1.54) is 17.5 Å². The van der Waals surface area contributed by atoms with Gasteiger partial charge in [-0.15, -0.1) is 0 Å². The van der Waals surface area contributed by atoms with Gasteiger partial charge in [0.05, 0.1) is 6.54 Å². The van der Waals surface area contributed by atoms with Crippen LogP contribution in [0.3, 0.4) is 0 Å². The molecule has 1 aromatic carbocycles. The van der Waals surface area contributed by atoms with Crippen LogP contribution in [-0.2, 0) is 17.9 Å². The second-order valence-electron chi connectivity index (χ2n) is 4.65. The van der Waals surface area contributed by atoms with Gasteiger partial charge in [0.25, 0.3) is 0 Å². The minimum Gasteiger partial charge on any atom is -0.358 e. The Kier molecular flexibility index (Phi) is 6.51. The van der Waals surface area contributed by atoms with Gasteiger partial charge in [0.1, 0.15) is 0 Å². The molecule has 0 aromatic heterocycles. The summed E-state index contributed by atoms with van der Waals surface area (Å²) in [7, 11) is 0. The van der Waals surface area contributed by atoms with Crippen molar-refractivity contribution in [1.82, 2.24) is 9.80 Å². The van der Waals surface area contributed by atoms with Crippen molar-refractivity contribution in [3.05, 3.63) is 42.8 Å². The van der Waals surface area contributed by atoms with E-state index in [1.807, 2.05) is 4.90 Å². The van der Waals surface area contributed by atoms with E-state index >= 15 is 0 Å². The van der Waals surface area contributed by atoms with Crippen molar-refractivity contribution < 1.29 is 56.2 Å². The predicted octanol–water partition coefficient (Wildman–Crippen LogP) is -1.31. The molecule has 0 radical (unpaired) electrons. The zero-order valence-corrected chi connectivity index (χ0v) is 14.5. The Morgan fingerprint density at radius 3 is 2.11 bits per heavy atom. The first-order valence-electron chi connectivity index (χ1n) is 5.90.